The van der Waals surface area contributed by atoms with Crippen LogP contribution >= 0.6 is 0 Å². The third-order valence-electron chi connectivity index (χ3n) is 6.94. The van der Waals surface area contributed by atoms with Crippen molar-refractivity contribution in [2.45, 2.75) is 43.6 Å². The van der Waals surface area contributed by atoms with E-state index in [1.165, 1.54) is 6.07 Å². The molecule has 0 amide bonds. The zero-order valence-electron chi connectivity index (χ0n) is 17.2. The molecule has 5 rings (SSSR count). The maximum atomic E-state index is 14.3. The lowest BCUT2D eigenvalue weighted by Gasteiger charge is -2.38. The Morgan fingerprint density at radius 3 is 2.81 bits per heavy atom. The standard InChI is InChI=1S/C24H25F2NO4/c25-16-11-15-1-4-20(23(15)19(26)12-16)31-17-2-3-18-21(13-17)30-14-24(18)6-9-27(10-7-24)8-5-22(28)29/h2-3,11-13,20H,1,4-10,14H2,(H,28,29). The Morgan fingerprint density at radius 2 is 2.03 bits per heavy atom. The van der Waals surface area contributed by atoms with Gasteiger partial charge in [0.15, 0.2) is 0 Å². The number of piperidine rings is 1. The van der Waals surface area contributed by atoms with E-state index in [1.807, 2.05) is 18.2 Å². The molecule has 1 N–H and O–H groups in total. The molecule has 31 heavy (non-hydrogen) atoms. The summed E-state index contributed by atoms with van der Waals surface area (Å²) < 4.78 is 39.9. The molecule has 0 radical (unpaired) electrons. The summed E-state index contributed by atoms with van der Waals surface area (Å²) in [5.41, 5.74) is 2.25. The Hall–Kier alpha value is -2.67. The van der Waals surface area contributed by atoms with Crippen molar-refractivity contribution in [2.24, 2.45) is 0 Å². The van der Waals surface area contributed by atoms with Gasteiger partial charge in [-0.3, -0.25) is 4.79 Å². The number of halogens is 2. The summed E-state index contributed by atoms with van der Waals surface area (Å²) in [5, 5.41) is 8.89. The zero-order valence-corrected chi connectivity index (χ0v) is 17.2. The zero-order chi connectivity index (χ0) is 21.6. The van der Waals surface area contributed by atoms with E-state index in [9.17, 15) is 13.6 Å². The molecule has 0 bridgehead atoms. The van der Waals surface area contributed by atoms with Crippen molar-refractivity contribution in [2.75, 3.05) is 26.2 Å². The van der Waals surface area contributed by atoms with Crippen molar-refractivity contribution >= 4 is 5.97 Å². The fourth-order valence-electron chi connectivity index (χ4n) is 5.22. The minimum absolute atomic E-state index is 0.0445. The lowest BCUT2D eigenvalue weighted by atomic mass is 9.74. The molecule has 2 heterocycles. The average molecular weight is 429 g/mol. The highest BCUT2D eigenvalue weighted by molar-refractivity contribution is 5.66. The highest BCUT2D eigenvalue weighted by Gasteiger charge is 2.43. The number of aryl methyl sites for hydroxylation is 1. The number of fused-ring (bicyclic) bond motifs is 3. The lowest BCUT2D eigenvalue weighted by Crippen LogP contribution is -2.44. The van der Waals surface area contributed by atoms with Crippen molar-refractivity contribution in [3.8, 4) is 11.5 Å². The molecule has 2 aliphatic heterocycles. The van der Waals surface area contributed by atoms with Crippen LogP contribution < -0.4 is 9.47 Å². The van der Waals surface area contributed by atoms with Crippen LogP contribution in [-0.2, 0) is 16.6 Å². The van der Waals surface area contributed by atoms with E-state index in [2.05, 4.69) is 4.90 Å². The first-order valence-electron chi connectivity index (χ1n) is 10.8. The molecular formula is C24H25F2NO4. The van der Waals surface area contributed by atoms with E-state index in [0.29, 0.717) is 42.9 Å². The van der Waals surface area contributed by atoms with Crippen LogP contribution in [0.2, 0.25) is 0 Å². The summed E-state index contributed by atoms with van der Waals surface area (Å²) in [6, 6.07) is 8.13. The molecule has 2 aromatic carbocycles. The number of aliphatic carboxylic acids is 1. The highest BCUT2D eigenvalue weighted by Crippen LogP contribution is 2.47. The van der Waals surface area contributed by atoms with Gasteiger partial charge in [-0.1, -0.05) is 6.07 Å². The Labute approximate surface area is 179 Å². The number of carboxylic acids is 1. The van der Waals surface area contributed by atoms with Crippen LogP contribution in [0.4, 0.5) is 8.78 Å². The third kappa shape index (κ3) is 3.76. The number of rotatable bonds is 5. The molecule has 3 aliphatic rings. The number of ether oxygens (including phenoxy) is 2. The van der Waals surface area contributed by atoms with E-state index in [0.717, 1.165) is 43.3 Å². The third-order valence-corrected chi connectivity index (χ3v) is 6.94. The minimum Gasteiger partial charge on any atom is -0.492 e. The van der Waals surface area contributed by atoms with E-state index < -0.39 is 23.7 Å². The van der Waals surface area contributed by atoms with Gasteiger partial charge in [-0.15, -0.1) is 0 Å². The van der Waals surface area contributed by atoms with Crippen LogP contribution in [0.5, 0.6) is 11.5 Å². The molecule has 7 heteroatoms. The first-order chi connectivity index (χ1) is 14.9. The van der Waals surface area contributed by atoms with Gasteiger partial charge < -0.3 is 19.5 Å². The molecular weight excluding hydrogens is 404 g/mol. The number of hydrogen-bond donors (Lipinski definition) is 1. The molecule has 164 valence electrons. The molecule has 5 nitrogen and oxygen atoms in total. The molecule has 1 saturated heterocycles. The van der Waals surface area contributed by atoms with Crippen LogP contribution in [-0.4, -0.2) is 42.2 Å². The second kappa shape index (κ2) is 7.79. The first kappa shape index (κ1) is 20.2. The molecule has 1 atom stereocenters. The van der Waals surface area contributed by atoms with Gasteiger partial charge in [0.2, 0.25) is 0 Å². The smallest absolute Gasteiger partial charge is 0.304 e. The van der Waals surface area contributed by atoms with Crippen molar-refractivity contribution in [3.05, 3.63) is 58.7 Å². The Balaban J connectivity index is 1.29. The van der Waals surface area contributed by atoms with Crippen LogP contribution in [0.3, 0.4) is 0 Å². The Kier molecular flexibility index (Phi) is 5.08. The van der Waals surface area contributed by atoms with E-state index in [-0.39, 0.29) is 11.8 Å². The summed E-state index contributed by atoms with van der Waals surface area (Å²) in [5.74, 6) is -0.450. The van der Waals surface area contributed by atoms with Gasteiger partial charge in [-0.2, -0.15) is 0 Å². The fraction of sp³-hybridized carbons (Fsp3) is 0.458. The molecule has 1 spiro atoms. The van der Waals surface area contributed by atoms with Gasteiger partial charge in [-0.05, 0) is 56.5 Å². The minimum atomic E-state index is -0.766. The van der Waals surface area contributed by atoms with E-state index >= 15 is 0 Å². The number of nitrogens with zero attached hydrogens (tertiary/aromatic N) is 1. The quantitative estimate of drug-likeness (QED) is 0.771. The second-order valence-electron chi connectivity index (χ2n) is 8.82. The van der Waals surface area contributed by atoms with Gasteiger partial charge in [0, 0.05) is 35.2 Å². The van der Waals surface area contributed by atoms with Crippen LogP contribution in [0.15, 0.2) is 30.3 Å². The summed E-state index contributed by atoms with van der Waals surface area (Å²) in [7, 11) is 0. The maximum absolute atomic E-state index is 14.3. The normalized spacial score (nSPS) is 21.5. The van der Waals surface area contributed by atoms with Crippen molar-refractivity contribution in [1.82, 2.24) is 4.90 Å². The van der Waals surface area contributed by atoms with Gasteiger partial charge in [0.25, 0.3) is 0 Å². The largest absolute Gasteiger partial charge is 0.492 e. The Bertz CT molecular complexity index is 1020. The highest BCUT2D eigenvalue weighted by atomic mass is 19.1. The van der Waals surface area contributed by atoms with Crippen molar-refractivity contribution < 1.29 is 28.2 Å². The van der Waals surface area contributed by atoms with Crippen LogP contribution in [0.1, 0.15) is 48.5 Å². The predicted molar refractivity (Wildman–Crippen MR) is 110 cm³/mol. The predicted octanol–water partition coefficient (Wildman–Crippen LogP) is 4.23. The number of benzene rings is 2. The summed E-state index contributed by atoms with van der Waals surface area (Å²) in [6.07, 6.45) is 2.79. The summed E-state index contributed by atoms with van der Waals surface area (Å²) >= 11 is 0. The molecule has 0 saturated carbocycles. The molecule has 0 aromatic heterocycles. The molecule has 1 unspecified atom stereocenters. The number of hydrogen-bond acceptors (Lipinski definition) is 4. The maximum Gasteiger partial charge on any atom is 0.304 e. The molecule has 2 aromatic rings. The van der Waals surface area contributed by atoms with Gasteiger partial charge in [-0.25, -0.2) is 8.78 Å². The first-order valence-corrected chi connectivity index (χ1v) is 10.8. The number of likely N-dealkylation sites (tertiary alicyclic amines) is 1. The van der Waals surface area contributed by atoms with E-state index in [1.54, 1.807) is 0 Å². The second-order valence-corrected chi connectivity index (χ2v) is 8.82. The number of carbonyl (C=O) groups is 1. The summed E-state index contributed by atoms with van der Waals surface area (Å²) in [4.78, 5) is 13.0. The fourth-order valence-corrected chi connectivity index (χ4v) is 5.22. The van der Waals surface area contributed by atoms with Crippen LogP contribution in [0.25, 0.3) is 0 Å². The van der Waals surface area contributed by atoms with Crippen molar-refractivity contribution in [1.29, 1.82) is 0 Å². The van der Waals surface area contributed by atoms with Gasteiger partial charge >= 0.3 is 5.97 Å². The van der Waals surface area contributed by atoms with E-state index in [4.69, 9.17) is 14.6 Å². The molecule has 1 fully saturated rings. The van der Waals surface area contributed by atoms with Crippen molar-refractivity contribution in [3.63, 3.8) is 0 Å². The summed E-state index contributed by atoms with van der Waals surface area (Å²) in [6.45, 7) is 2.89. The van der Waals surface area contributed by atoms with Gasteiger partial charge in [0.1, 0.15) is 29.2 Å². The lowest BCUT2D eigenvalue weighted by molar-refractivity contribution is -0.137. The SMILES string of the molecule is O=C(O)CCN1CCC2(CC1)COc1cc(OC3CCc4cc(F)cc(F)c43)ccc12. The average Bonchev–Trinajstić information content (AvgIpc) is 3.29. The van der Waals surface area contributed by atoms with Crippen LogP contribution in [0, 0.1) is 11.6 Å². The number of carboxylic acid groups (broad SMARTS) is 1. The topological polar surface area (TPSA) is 59.0 Å². The molecule has 1 aliphatic carbocycles. The monoisotopic (exact) mass is 429 g/mol. The van der Waals surface area contributed by atoms with Gasteiger partial charge in [0.05, 0.1) is 13.0 Å². The Morgan fingerprint density at radius 1 is 1.23 bits per heavy atom.